The molecule has 6 nitrogen and oxygen atoms in total. The maximum atomic E-state index is 13.0. The van der Waals surface area contributed by atoms with Gasteiger partial charge in [-0.05, 0) is 30.5 Å². The summed E-state index contributed by atoms with van der Waals surface area (Å²) in [6.07, 6.45) is 2.05. The number of unbranched alkanes of at least 4 members (excludes halogenated alkanes) is 2. The highest BCUT2D eigenvalue weighted by Crippen LogP contribution is 2.30. The van der Waals surface area contributed by atoms with Crippen LogP contribution in [0.2, 0.25) is 0 Å². The molecule has 0 radical (unpaired) electrons. The Hall–Kier alpha value is -2.80. The number of carbonyl (C=O) groups excluding carboxylic acids is 3. The van der Waals surface area contributed by atoms with Crippen LogP contribution in [0.4, 0.5) is 5.69 Å². The Balaban J connectivity index is 1.74. The summed E-state index contributed by atoms with van der Waals surface area (Å²) in [5, 5.41) is 5.54. The van der Waals surface area contributed by atoms with E-state index in [9.17, 15) is 14.4 Å². The molecule has 7 heteroatoms. The number of hydrogen-bond acceptors (Lipinski definition) is 5. The van der Waals surface area contributed by atoms with Crippen molar-refractivity contribution in [1.82, 2.24) is 5.32 Å². The summed E-state index contributed by atoms with van der Waals surface area (Å²) in [6.45, 7) is 2.42. The molecule has 2 aromatic carbocycles. The van der Waals surface area contributed by atoms with Crippen molar-refractivity contribution in [2.45, 2.75) is 49.5 Å². The van der Waals surface area contributed by atoms with Gasteiger partial charge in [-0.3, -0.25) is 14.4 Å². The van der Waals surface area contributed by atoms with E-state index >= 15 is 0 Å². The summed E-state index contributed by atoms with van der Waals surface area (Å²) in [6, 6.07) is 16.5. The zero-order valence-electron chi connectivity index (χ0n) is 17.5. The summed E-state index contributed by atoms with van der Waals surface area (Å²) in [5.41, 5.74) is 1.44. The summed E-state index contributed by atoms with van der Waals surface area (Å²) < 4.78 is 5.64. The number of esters is 1. The zero-order chi connectivity index (χ0) is 22.2. The minimum absolute atomic E-state index is 0.321. The average molecular weight is 441 g/mol. The molecular weight excluding hydrogens is 412 g/mol. The predicted molar refractivity (Wildman–Crippen MR) is 122 cm³/mol. The number of hydrogen-bond donors (Lipinski definition) is 3. The zero-order valence-corrected chi connectivity index (χ0v) is 18.4. The van der Waals surface area contributed by atoms with Gasteiger partial charge in [0.15, 0.2) is 6.10 Å². The molecule has 2 N–H and O–H groups in total. The van der Waals surface area contributed by atoms with Crippen LogP contribution in [-0.4, -0.2) is 30.4 Å². The molecule has 2 amide bonds. The van der Waals surface area contributed by atoms with Crippen molar-refractivity contribution in [3.63, 3.8) is 0 Å². The van der Waals surface area contributed by atoms with Gasteiger partial charge in [0.05, 0.1) is 5.69 Å². The molecule has 1 aliphatic rings. The number of thiol groups is 1. The maximum Gasteiger partial charge on any atom is 0.319 e. The first-order valence-corrected chi connectivity index (χ1v) is 11.1. The fourth-order valence-corrected chi connectivity index (χ4v) is 3.95. The first-order chi connectivity index (χ1) is 15.0. The van der Waals surface area contributed by atoms with Gasteiger partial charge >= 0.3 is 5.97 Å². The molecule has 31 heavy (non-hydrogen) atoms. The molecule has 0 unspecified atom stereocenters. The molecule has 0 saturated carbocycles. The van der Waals surface area contributed by atoms with Crippen LogP contribution in [0.3, 0.4) is 0 Å². The smallest absolute Gasteiger partial charge is 0.319 e. The van der Waals surface area contributed by atoms with Gasteiger partial charge in [-0.1, -0.05) is 62.2 Å². The standard InChI is InChI=1S/C24H28N2O4S/c1-2-3-5-13-19(22(27)26-18-12-8-9-14-20(18)31)30-24(29)21-17(15-25-23(21)28)16-10-6-4-7-11-16/h4,6-12,14,17,19,21,31H,2-3,5,13,15H2,1H3,(H,25,28)(H,26,27)/t17-,19-,21+/m0/s1. The number of rotatable bonds is 9. The van der Waals surface area contributed by atoms with Gasteiger partial charge in [0.25, 0.3) is 5.91 Å². The van der Waals surface area contributed by atoms with Gasteiger partial charge in [0.1, 0.15) is 5.92 Å². The second-order valence-corrected chi connectivity index (χ2v) is 8.15. The Morgan fingerprint density at radius 2 is 1.84 bits per heavy atom. The van der Waals surface area contributed by atoms with E-state index < -0.39 is 23.9 Å². The van der Waals surface area contributed by atoms with E-state index in [1.165, 1.54) is 0 Å². The number of benzene rings is 2. The molecule has 1 heterocycles. The summed E-state index contributed by atoms with van der Waals surface area (Å²) in [5.74, 6) is -2.74. The number of amides is 2. The van der Waals surface area contributed by atoms with Crippen LogP contribution >= 0.6 is 12.6 Å². The molecule has 0 bridgehead atoms. The lowest BCUT2D eigenvalue weighted by Gasteiger charge is -2.22. The van der Waals surface area contributed by atoms with E-state index in [-0.39, 0.29) is 11.8 Å². The molecule has 0 aliphatic carbocycles. The van der Waals surface area contributed by atoms with E-state index in [1.54, 1.807) is 18.2 Å². The Morgan fingerprint density at radius 3 is 2.55 bits per heavy atom. The topological polar surface area (TPSA) is 84.5 Å². The van der Waals surface area contributed by atoms with Crippen molar-refractivity contribution in [3.8, 4) is 0 Å². The SMILES string of the molecule is CCCCC[C@H](OC(=O)[C@H]1C(=O)NC[C@H]1c1ccccc1)C(=O)Nc1ccccc1S. The lowest BCUT2D eigenvalue weighted by Crippen LogP contribution is -2.37. The summed E-state index contributed by atoms with van der Waals surface area (Å²) in [7, 11) is 0. The molecule has 0 aromatic heterocycles. The molecule has 2 aromatic rings. The highest BCUT2D eigenvalue weighted by atomic mass is 32.1. The van der Waals surface area contributed by atoms with E-state index in [2.05, 4.69) is 30.2 Å². The second kappa shape index (κ2) is 11.0. The lowest BCUT2D eigenvalue weighted by molar-refractivity contribution is -0.160. The van der Waals surface area contributed by atoms with Crippen LogP contribution in [0.5, 0.6) is 0 Å². The highest BCUT2D eigenvalue weighted by Gasteiger charge is 2.43. The van der Waals surface area contributed by atoms with Gasteiger partial charge in [-0.25, -0.2) is 0 Å². The quantitative estimate of drug-likeness (QED) is 0.239. The van der Waals surface area contributed by atoms with Crippen LogP contribution in [0.15, 0.2) is 59.5 Å². The number of anilines is 1. The van der Waals surface area contributed by atoms with Crippen molar-refractivity contribution in [1.29, 1.82) is 0 Å². The Morgan fingerprint density at radius 1 is 1.13 bits per heavy atom. The second-order valence-electron chi connectivity index (χ2n) is 7.67. The Kier molecular flexibility index (Phi) is 8.12. The number of para-hydroxylation sites is 1. The van der Waals surface area contributed by atoms with Crippen molar-refractivity contribution in [3.05, 3.63) is 60.2 Å². The molecule has 3 rings (SSSR count). The van der Waals surface area contributed by atoms with Crippen molar-refractivity contribution in [2.24, 2.45) is 5.92 Å². The molecule has 1 saturated heterocycles. The first kappa shape index (κ1) is 22.9. The number of carbonyl (C=O) groups is 3. The van der Waals surface area contributed by atoms with Crippen molar-refractivity contribution < 1.29 is 19.1 Å². The Bertz CT molecular complexity index is 919. The monoisotopic (exact) mass is 440 g/mol. The minimum Gasteiger partial charge on any atom is -0.452 e. The largest absolute Gasteiger partial charge is 0.452 e. The van der Waals surface area contributed by atoms with E-state index in [1.807, 2.05) is 36.4 Å². The fourth-order valence-electron chi connectivity index (χ4n) is 3.73. The van der Waals surface area contributed by atoms with Crippen molar-refractivity contribution in [2.75, 3.05) is 11.9 Å². The minimum atomic E-state index is -0.975. The fraction of sp³-hybridized carbons (Fsp3) is 0.375. The molecule has 3 atom stereocenters. The third-order valence-corrected chi connectivity index (χ3v) is 5.84. The van der Waals surface area contributed by atoms with Crippen LogP contribution in [0.25, 0.3) is 0 Å². The summed E-state index contributed by atoms with van der Waals surface area (Å²) in [4.78, 5) is 39.0. The van der Waals surface area contributed by atoms with Crippen molar-refractivity contribution >= 4 is 36.1 Å². The first-order valence-electron chi connectivity index (χ1n) is 10.6. The van der Waals surface area contributed by atoms with Gasteiger partial charge in [-0.15, -0.1) is 12.6 Å². The summed E-state index contributed by atoms with van der Waals surface area (Å²) >= 11 is 4.36. The average Bonchev–Trinajstić information content (AvgIpc) is 3.16. The predicted octanol–water partition coefficient (Wildman–Crippen LogP) is 3.94. The van der Waals surface area contributed by atoms with Gasteiger partial charge in [0.2, 0.25) is 5.91 Å². The highest BCUT2D eigenvalue weighted by molar-refractivity contribution is 7.80. The number of nitrogens with one attached hydrogen (secondary N) is 2. The van der Waals surface area contributed by atoms with Crippen LogP contribution in [0.1, 0.15) is 44.1 Å². The third-order valence-electron chi connectivity index (χ3n) is 5.45. The lowest BCUT2D eigenvalue weighted by atomic mass is 9.88. The van der Waals surface area contributed by atoms with Crippen LogP contribution in [0, 0.1) is 5.92 Å². The Labute approximate surface area is 188 Å². The molecule has 1 aliphatic heterocycles. The van der Waals surface area contributed by atoms with E-state index in [0.717, 1.165) is 24.8 Å². The van der Waals surface area contributed by atoms with E-state index in [4.69, 9.17) is 4.74 Å². The third kappa shape index (κ3) is 5.88. The molecular formula is C24H28N2O4S. The van der Waals surface area contributed by atoms with Crippen LogP contribution < -0.4 is 10.6 Å². The van der Waals surface area contributed by atoms with Crippen LogP contribution in [-0.2, 0) is 19.1 Å². The normalized spacial score (nSPS) is 18.8. The van der Waals surface area contributed by atoms with Gasteiger partial charge < -0.3 is 15.4 Å². The number of ether oxygens (including phenoxy) is 1. The maximum absolute atomic E-state index is 13.0. The van der Waals surface area contributed by atoms with E-state index in [0.29, 0.717) is 23.5 Å². The molecule has 0 spiro atoms. The molecule has 1 fully saturated rings. The van der Waals surface area contributed by atoms with Gasteiger partial charge in [-0.2, -0.15) is 0 Å². The molecule has 164 valence electrons. The van der Waals surface area contributed by atoms with Gasteiger partial charge in [0, 0.05) is 17.4 Å².